The summed E-state index contributed by atoms with van der Waals surface area (Å²) < 4.78 is 40.1. The Morgan fingerprint density at radius 3 is 2.42 bits per heavy atom. The van der Waals surface area contributed by atoms with Crippen LogP contribution in [-0.2, 0) is 6.54 Å². The first kappa shape index (κ1) is 32.1. The van der Waals surface area contributed by atoms with E-state index < -0.39 is 30.8 Å². The highest BCUT2D eigenvalue weighted by molar-refractivity contribution is 6.05. The summed E-state index contributed by atoms with van der Waals surface area (Å²) >= 11 is 0. The highest BCUT2D eigenvalue weighted by atomic mass is 19.3. The summed E-state index contributed by atoms with van der Waals surface area (Å²) in [6.07, 6.45) is 3.30. The van der Waals surface area contributed by atoms with Crippen LogP contribution in [0.4, 0.5) is 14.6 Å². The smallest absolute Gasteiger partial charge is 0.282 e. The van der Waals surface area contributed by atoms with E-state index >= 15 is 0 Å². The van der Waals surface area contributed by atoms with Gasteiger partial charge in [-0.1, -0.05) is 13.8 Å². The maximum atomic E-state index is 13.6. The number of nitrogens with zero attached hydrogens (tertiary/aromatic N) is 3. The quantitative estimate of drug-likeness (QED) is 0.288. The average Bonchev–Trinajstić information content (AvgIpc) is 3.80. The number of anilines is 1. The second-order valence-electron chi connectivity index (χ2n) is 12.4. The molecule has 1 aliphatic heterocycles. The molecule has 0 bridgehead atoms. The van der Waals surface area contributed by atoms with Crippen molar-refractivity contribution in [2.75, 3.05) is 32.1 Å². The zero-order valence-electron chi connectivity index (χ0n) is 26.2. The Hall–Kier alpha value is -4.32. The van der Waals surface area contributed by atoms with Crippen molar-refractivity contribution in [2.45, 2.75) is 65.1 Å². The van der Waals surface area contributed by atoms with Crippen molar-refractivity contribution in [1.82, 2.24) is 19.8 Å². The van der Waals surface area contributed by atoms with Crippen LogP contribution in [0, 0.1) is 5.92 Å². The molecule has 2 amide bonds. The lowest BCUT2D eigenvalue weighted by Gasteiger charge is -2.39. The molecule has 2 aromatic heterocycles. The zero-order chi connectivity index (χ0) is 32.5. The van der Waals surface area contributed by atoms with Crippen LogP contribution in [0.2, 0.25) is 0 Å². The third kappa shape index (κ3) is 7.67. The molecule has 5 rings (SSSR count). The molecule has 0 unspecified atom stereocenters. The SMILES string of the molecule is COc1ccc(-c2cc(NC(=O)c3cc(CNCC(C)C)cn(C4CC4)c3=O)nc(OC(C)C)c2)c(C(=O)N2CC(F)(F)C2)c1. The number of carbonyl (C=O) groups excluding carboxylic acids is 2. The Bertz CT molecular complexity index is 1640. The monoisotopic (exact) mass is 623 g/mol. The summed E-state index contributed by atoms with van der Waals surface area (Å²) in [5.41, 5.74) is 1.44. The Kier molecular flexibility index (Phi) is 9.24. The summed E-state index contributed by atoms with van der Waals surface area (Å²) in [6.45, 7) is 7.78. The lowest BCUT2D eigenvalue weighted by Crippen LogP contribution is -2.58. The minimum atomic E-state index is -2.93. The van der Waals surface area contributed by atoms with Gasteiger partial charge in [-0.2, -0.15) is 4.98 Å². The molecule has 0 atom stereocenters. The number of rotatable bonds is 12. The van der Waals surface area contributed by atoms with E-state index in [1.54, 1.807) is 34.9 Å². The third-order valence-electron chi connectivity index (χ3n) is 7.47. The standard InChI is InChI=1S/C33H39F2N5O5/c1-19(2)14-36-15-21-10-27(32(43)40(16-21)23-6-7-23)30(41)38-28-11-22(12-29(37-28)45-20(3)4)25-9-8-24(44-5)13-26(25)31(42)39-17-33(34,35)18-39/h8-13,16,19-20,23,36H,6-7,14-15,17-18H2,1-5H3,(H,37,38,41). The molecule has 0 spiro atoms. The van der Waals surface area contributed by atoms with Crippen LogP contribution in [0.25, 0.3) is 11.1 Å². The van der Waals surface area contributed by atoms with Crippen molar-refractivity contribution in [3.63, 3.8) is 0 Å². The van der Waals surface area contributed by atoms with Gasteiger partial charge in [-0.15, -0.1) is 0 Å². The van der Waals surface area contributed by atoms with Gasteiger partial charge < -0.3 is 29.6 Å². The topological polar surface area (TPSA) is 115 Å². The molecule has 2 aliphatic rings. The van der Waals surface area contributed by atoms with Crippen LogP contribution in [0.5, 0.6) is 11.6 Å². The molecule has 10 nitrogen and oxygen atoms in total. The molecule has 1 saturated heterocycles. The molecule has 12 heteroatoms. The van der Waals surface area contributed by atoms with Crippen molar-refractivity contribution in [3.8, 4) is 22.8 Å². The summed E-state index contributed by atoms with van der Waals surface area (Å²) in [7, 11) is 1.45. The van der Waals surface area contributed by atoms with Crippen LogP contribution >= 0.6 is 0 Å². The minimum absolute atomic E-state index is 0.0108. The van der Waals surface area contributed by atoms with E-state index in [2.05, 4.69) is 29.5 Å². The van der Waals surface area contributed by atoms with E-state index in [4.69, 9.17) is 9.47 Å². The Balaban J connectivity index is 1.50. The molecule has 3 heterocycles. The molecule has 3 aromatic rings. The molecular weight excluding hydrogens is 584 g/mol. The van der Waals surface area contributed by atoms with Gasteiger partial charge >= 0.3 is 0 Å². The van der Waals surface area contributed by atoms with E-state index in [-0.39, 0.29) is 40.5 Å². The van der Waals surface area contributed by atoms with Gasteiger partial charge in [0.15, 0.2) is 0 Å². The molecular formula is C33H39F2N5O5. The maximum Gasteiger partial charge on any atom is 0.282 e. The highest BCUT2D eigenvalue weighted by Gasteiger charge is 2.46. The van der Waals surface area contributed by atoms with Crippen molar-refractivity contribution in [2.24, 2.45) is 5.92 Å². The van der Waals surface area contributed by atoms with E-state index in [0.29, 0.717) is 29.3 Å². The number of hydrogen-bond donors (Lipinski definition) is 2. The number of pyridine rings is 2. The molecule has 240 valence electrons. The van der Waals surface area contributed by atoms with Crippen molar-refractivity contribution in [3.05, 3.63) is 69.6 Å². The summed E-state index contributed by atoms with van der Waals surface area (Å²) in [5, 5.41) is 6.12. The zero-order valence-corrected chi connectivity index (χ0v) is 26.2. The number of benzene rings is 1. The number of likely N-dealkylation sites (tertiary alicyclic amines) is 1. The van der Waals surface area contributed by atoms with Gasteiger partial charge in [0.2, 0.25) is 5.88 Å². The second kappa shape index (κ2) is 13.0. The third-order valence-corrected chi connectivity index (χ3v) is 7.47. The number of hydrogen-bond acceptors (Lipinski definition) is 7. The highest BCUT2D eigenvalue weighted by Crippen LogP contribution is 2.36. The average molecular weight is 624 g/mol. The molecule has 2 fully saturated rings. The van der Waals surface area contributed by atoms with E-state index in [1.165, 1.54) is 13.2 Å². The van der Waals surface area contributed by atoms with Gasteiger partial charge in [-0.05, 0) is 86.2 Å². The Morgan fingerprint density at radius 1 is 1.07 bits per heavy atom. The second-order valence-corrected chi connectivity index (χ2v) is 12.4. The van der Waals surface area contributed by atoms with E-state index in [1.807, 2.05) is 20.0 Å². The van der Waals surface area contributed by atoms with Gasteiger partial charge in [0.05, 0.1) is 31.9 Å². The number of nitrogens with one attached hydrogen (secondary N) is 2. The fourth-order valence-corrected chi connectivity index (χ4v) is 5.16. The normalized spacial score (nSPS) is 15.6. The lowest BCUT2D eigenvalue weighted by molar-refractivity contribution is -0.113. The van der Waals surface area contributed by atoms with Crippen LogP contribution in [0.15, 0.2) is 47.4 Å². The number of carbonyl (C=O) groups is 2. The van der Waals surface area contributed by atoms with Gasteiger partial charge in [-0.25, -0.2) is 8.78 Å². The fourth-order valence-electron chi connectivity index (χ4n) is 5.16. The molecule has 1 aromatic carbocycles. The van der Waals surface area contributed by atoms with Crippen LogP contribution in [0.3, 0.4) is 0 Å². The van der Waals surface area contributed by atoms with E-state index in [0.717, 1.165) is 29.8 Å². The first-order valence-electron chi connectivity index (χ1n) is 15.1. The number of aromatic nitrogens is 2. The van der Waals surface area contributed by atoms with Crippen molar-refractivity contribution < 1.29 is 27.8 Å². The molecule has 0 radical (unpaired) electrons. The van der Waals surface area contributed by atoms with Gasteiger partial charge in [0, 0.05) is 24.8 Å². The lowest BCUT2D eigenvalue weighted by atomic mass is 9.97. The Morgan fingerprint density at radius 2 is 1.80 bits per heavy atom. The summed E-state index contributed by atoms with van der Waals surface area (Å²) in [4.78, 5) is 45.9. The Labute approximate surface area is 260 Å². The maximum absolute atomic E-state index is 13.6. The minimum Gasteiger partial charge on any atom is -0.497 e. The number of alkyl halides is 2. The first-order chi connectivity index (χ1) is 21.3. The van der Waals surface area contributed by atoms with E-state index in [9.17, 15) is 23.2 Å². The van der Waals surface area contributed by atoms with Gasteiger partial charge in [0.1, 0.15) is 17.1 Å². The van der Waals surface area contributed by atoms with Crippen LogP contribution in [0.1, 0.15) is 72.9 Å². The van der Waals surface area contributed by atoms with Crippen LogP contribution in [-0.4, -0.2) is 65.0 Å². The molecule has 1 saturated carbocycles. The van der Waals surface area contributed by atoms with Crippen molar-refractivity contribution >= 4 is 17.6 Å². The molecule has 45 heavy (non-hydrogen) atoms. The molecule has 1 aliphatic carbocycles. The van der Waals surface area contributed by atoms with Gasteiger partial charge in [-0.3, -0.25) is 14.4 Å². The number of amides is 2. The van der Waals surface area contributed by atoms with Gasteiger partial charge in [0.25, 0.3) is 23.3 Å². The fraction of sp³-hybridized carbons (Fsp3) is 0.455. The molecule has 2 N–H and O–H groups in total. The number of ether oxygens (including phenoxy) is 2. The first-order valence-corrected chi connectivity index (χ1v) is 15.1. The number of methoxy groups -OCH3 is 1. The summed E-state index contributed by atoms with van der Waals surface area (Å²) in [5.74, 6) is -3.05. The largest absolute Gasteiger partial charge is 0.497 e. The summed E-state index contributed by atoms with van der Waals surface area (Å²) in [6, 6.07) is 9.63. The predicted molar refractivity (Wildman–Crippen MR) is 166 cm³/mol. The van der Waals surface area contributed by atoms with Crippen LogP contribution < -0.4 is 25.7 Å². The predicted octanol–water partition coefficient (Wildman–Crippen LogP) is 5.13. The van der Waals surface area contributed by atoms with Crippen molar-refractivity contribution in [1.29, 1.82) is 0 Å². The number of halogens is 2.